The Labute approximate surface area is 130 Å². The molecule has 8 heteroatoms. The van der Waals surface area contributed by atoms with Gasteiger partial charge >= 0.3 is 6.09 Å². The zero-order valence-corrected chi connectivity index (χ0v) is 14.1. The topological polar surface area (TPSA) is 89.5 Å². The van der Waals surface area contributed by atoms with Crippen molar-refractivity contribution in [2.24, 2.45) is 0 Å². The quantitative estimate of drug-likeness (QED) is 0.819. The average Bonchev–Trinajstić information content (AvgIpc) is 2.87. The van der Waals surface area contributed by atoms with Crippen LogP contribution in [0.15, 0.2) is 17.2 Å². The van der Waals surface area contributed by atoms with Gasteiger partial charge in [0.2, 0.25) is 9.84 Å². The summed E-state index contributed by atoms with van der Waals surface area (Å²) in [6, 6.07) is 3.06. The van der Waals surface area contributed by atoms with E-state index >= 15 is 0 Å². The molecule has 1 aromatic heterocycles. The second kappa shape index (κ2) is 5.83. The smallest absolute Gasteiger partial charge is 0.410 e. The summed E-state index contributed by atoms with van der Waals surface area (Å²) < 4.78 is 30.3. The van der Waals surface area contributed by atoms with E-state index in [1.165, 1.54) is 11.0 Å². The number of carbonyl (C=O) groups is 1. The molecule has 0 radical (unpaired) electrons. The molecular weight excluding hydrogens is 306 g/mol. The van der Waals surface area contributed by atoms with Crippen molar-refractivity contribution in [1.29, 1.82) is 0 Å². The van der Waals surface area contributed by atoms with Crippen molar-refractivity contribution in [3.05, 3.63) is 17.8 Å². The maximum absolute atomic E-state index is 12.5. The number of aromatic nitrogens is 2. The lowest BCUT2D eigenvalue weighted by Gasteiger charge is -2.24. The van der Waals surface area contributed by atoms with Gasteiger partial charge in [-0.15, -0.1) is 5.10 Å². The SMILES string of the molecule is Cc1ccc(S(=O)(=O)[C@@H]2CCN(C(=O)OC(C)(C)C)C2)nn1. The second-order valence-electron chi connectivity index (χ2n) is 6.40. The van der Waals surface area contributed by atoms with E-state index in [1.807, 2.05) is 0 Å². The van der Waals surface area contributed by atoms with E-state index in [-0.39, 0.29) is 11.6 Å². The molecule has 0 N–H and O–H groups in total. The zero-order chi connectivity index (χ0) is 16.5. The number of sulfone groups is 1. The predicted molar refractivity (Wildman–Crippen MR) is 80.2 cm³/mol. The molecule has 1 atom stereocenters. The monoisotopic (exact) mass is 327 g/mol. The van der Waals surface area contributed by atoms with Gasteiger partial charge in [-0.3, -0.25) is 0 Å². The summed E-state index contributed by atoms with van der Waals surface area (Å²) in [7, 11) is -3.59. The molecule has 1 amide bonds. The fraction of sp³-hybridized carbons (Fsp3) is 0.643. The number of rotatable bonds is 2. The van der Waals surface area contributed by atoms with Crippen LogP contribution in [0.4, 0.5) is 4.79 Å². The molecule has 122 valence electrons. The molecule has 7 nitrogen and oxygen atoms in total. The first-order chi connectivity index (χ1) is 10.1. The van der Waals surface area contributed by atoms with Gasteiger partial charge < -0.3 is 9.64 Å². The summed E-state index contributed by atoms with van der Waals surface area (Å²) in [6.45, 7) is 7.54. The van der Waals surface area contributed by atoms with Crippen LogP contribution in [0.2, 0.25) is 0 Å². The van der Waals surface area contributed by atoms with Crippen molar-refractivity contribution >= 4 is 15.9 Å². The van der Waals surface area contributed by atoms with Crippen molar-refractivity contribution in [3.8, 4) is 0 Å². The Kier molecular flexibility index (Phi) is 4.42. The Morgan fingerprint density at radius 2 is 2.00 bits per heavy atom. The number of carbonyl (C=O) groups excluding carboxylic acids is 1. The summed E-state index contributed by atoms with van der Waals surface area (Å²) in [5.74, 6) is 0. The molecule has 2 heterocycles. The standard InChI is InChI=1S/C14H21N3O4S/c1-10-5-6-12(16-15-10)22(19,20)11-7-8-17(9-11)13(18)21-14(2,3)4/h5-6,11H,7-9H2,1-4H3/t11-/m1/s1. The third kappa shape index (κ3) is 3.73. The number of hydrogen-bond acceptors (Lipinski definition) is 6. The van der Waals surface area contributed by atoms with Crippen molar-refractivity contribution < 1.29 is 17.9 Å². The molecule has 0 unspecified atom stereocenters. The van der Waals surface area contributed by atoms with Crippen LogP contribution < -0.4 is 0 Å². The minimum absolute atomic E-state index is 0.0471. The Bertz CT molecular complexity index is 650. The fourth-order valence-electron chi connectivity index (χ4n) is 2.18. The first-order valence-corrected chi connectivity index (χ1v) is 8.66. The summed E-state index contributed by atoms with van der Waals surface area (Å²) >= 11 is 0. The Balaban J connectivity index is 2.09. The van der Waals surface area contributed by atoms with E-state index in [0.717, 1.165) is 0 Å². The van der Waals surface area contributed by atoms with Crippen LogP contribution in [0.25, 0.3) is 0 Å². The van der Waals surface area contributed by atoms with Crippen LogP contribution in [-0.4, -0.2) is 53.5 Å². The number of hydrogen-bond donors (Lipinski definition) is 0. The van der Waals surface area contributed by atoms with Gasteiger partial charge in [0.15, 0.2) is 5.03 Å². The van der Waals surface area contributed by atoms with E-state index in [9.17, 15) is 13.2 Å². The highest BCUT2D eigenvalue weighted by Crippen LogP contribution is 2.24. The first kappa shape index (κ1) is 16.7. The molecule has 0 aliphatic carbocycles. The normalized spacial score (nSPS) is 19.3. The Hall–Kier alpha value is -1.70. The van der Waals surface area contributed by atoms with E-state index in [4.69, 9.17) is 4.74 Å². The lowest BCUT2D eigenvalue weighted by atomic mass is 10.2. The minimum Gasteiger partial charge on any atom is -0.444 e. The lowest BCUT2D eigenvalue weighted by Crippen LogP contribution is -2.36. The Morgan fingerprint density at radius 3 is 2.55 bits per heavy atom. The molecule has 22 heavy (non-hydrogen) atoms. The molecule has 1 aliphatic rings. The molecule has 1 aromatic rings. The third-order valence-electron chi connectivity index (χ3n) is 3.30. The van der Waals surface area contributed by atoms with E-state index in [0.29, 0.717) is 18.7 Å². The third-order valence-corrected chi connectivity index (χ3v) is 5.36. The van der Waals surface area contributed by atoms with Crippen LogP contribution >= 0.6 is 0 Å². The maximum atomic E-state index is 12.5. The van der Waals surface area contributed by atoms with E-state index < -0.39 is 26.8 Å². The highest BCUT2D eigenvalue weighted by molar-refractivity contribution is 7.92. The number of amides is 1. The van der Waals surface area contributed by atoms with Crippen LogP contribution in [0.3, 0.4) is 0 Å². The summed E-state index contributed by atoms with van der Waals surface area (Å²) in [4.78, 5) is 13.4. The van der Waals surface area contributed by atoms with Crippen LogP contribution in [0, 0.1) is 6.92 Å². The van der Waals surface area contributed by atoms with E-state index in [2.05, 4.69) is 10.2 Å². The first-order valence-electron chi connectivity index (χ1n) is 7.12. The van der Waals surface area contributed by atoms with Crippen molar-refractivity contribution in [3.63, 3.8) is 0 Å². The van der Waals surface area contributed by atoms with E-state index in [1.54, 1.807) is 33.8 Å². The van der Waals surface area contributed by atoms with Crippen molar-refractivity contribution in [2.45, 2.75) is 50.0 Å². The summed E-state index contributed by atoms with van der Waals surface area (Å²) in [6.07, 6.45) is -0.114. The molecule has 0 bridgehead atoms. The number of ether oxygens (including phenoxy) is 1. The van der Waals surface area contributed by atoms with Crippen LogP contribution in [-0.2, 0) is 14.6 Å². The average molecular weight is 327 g/mol. The molecule has 0 saturated carbocycles. The predicted octanol–water partition coefficient (Wildman–Crippen LogP) is 1.57. The largest absolute Gasteiger partial charge is 0.444 e. The van der Waals surface area contributed by atoms with Gasteiger partial charge in [-0.2, -0.15) is 5.10 Å². The molecule has 0 spiro atoms. The maximum Gasteiger partial charge on any atom is 0.410 e. The Morgan fingerprint density at radius 1 is 1.32 bits per heavy atom. The van der Waals surface area contributed by atoms with Crippen LogP contribution in [0.5, 0.6) is 0 Å². The minimum atomic E-state index is -3.59. The molecule has 1 aliphatic heterocycles. The lowest BCUT2D eigenvalue weighted by molar-refractivity contribution is 0.0295. The van der Waals surface area contributed by atoms with Gasteiger partial charge in [-0.25, -0.2) is 13.2 Å². The molecule has 0 aromatic carbocycles. The number of likely N-dealkylation sites (tertiary alicyclic amines) is 1. The zero-order valence-electron chi connectivity index (χ0n) is 13.2. The summed E-state index contributed by atoms with van der Waals surface area (Å²) in [5, 5.41) is 6.82. The van der Waals surface area contributed by atoms with Crippen molar-refractivity contribution in [1.82, 2.24) is 15.1 Å². The number of aryl methyl sites for hydroxylation is 1. The molecular formula is C14H21N3O4S. The second-order valence-corrected chi connectivity index (χ2v) is 8.57. The molecule has 1 fully saturated rings. The van der Waals surface area contributed by atoms with Gasteiger partial charge in [-0.05, 0) is 46.2 Å². The van der Waals surface area contributed by atoms with Gasteiger partial charge in [0.05, 0.1) is 10.9 Å². The van der Waals surface area contributed by atoms with Gasteiger partial charge in [0.1, 0.15) is 5.60 Å². The summed E-state index contributed by atoms with van der Waals surface area (Å²) in [5.41, 5.74) is 0.0528. The van der Waals surface area contributed by atoms with Gasteiger partial charge in [-0.1, -0.05) is 0 Å². The van der Waals surface area contributed by atoms with Gasteiger partial charge in [0, 0.05) is 13.1 Å². The highest BCUT2D eigenvalue weighted by Gasteiger charge is 2.38. The van der Waals surface area contributed by atoms with Gasteiger partial charge in [0.25, 0.3) is 0 Å². The fourth-order valence-corrected chi connectivity index (χ4v) is 3.73. The molecule has 1 saturated heterocycles. The molecule has 2 rings (SSSR count). The highest BCUT2D eigenvalue weighted by atomic mass is 32.2. The van der Waals surface area contributed by atoms with Crippen LogP contribution in [0.1, 0.15) is 32.9 Å². The number of nitrogens with zero attached hydrogens (tertiary/aromatic N) is 3. The van der Waals surface area contributed by atoms with Crippen molar-refractivity contribution in [2.75, 3.05) is 13.1 Å².